The Morgan fingerprint density at radius 3 is 2.33 bits per heavy atom. The van der Waals surface area contributed by atoms with E-state index < -0.39 is 0 Å². The summed E-state index contributed by atoms with van der Waals surface area (Å²) in [5.41, 5.74) is 0. The Bertz CT molecular complexity index is 391. The first-order valence-corrected chi connectivity index (χ1v) is 9.51. The minimum Gasteiger partial charge on any atom is -0.379 e. The molecule has 2 aliphatic rings. The van der Waals surface area contributed by atoms with Gasteiger partial charge >= 0.3 is 0 Å². The van der Waals surface area contributed by atoms with E-state index in [1.807, 2.05) is 7.05 Å². The van der Waals surface area contributed by atoms with Crippen molar-refractivity contribution >= 4 is 5.96 Å². The van der Waals surface area contributed by atoms with Crippen molar-refractivity contribution in [1.82, 2.24) is 20.4 Å². The van der Waals surface area contributed by atoms with Crippen LogP contribution in [0.3, 0.4) is 0 Å². The lowest BCUT2D eigenvalue weighted by Gasteiger charge is -2.37. The van der Waals surface area contributed by atoms with Crippen molar-refractivity contribution in [2.45, 2.75) is 51.7 Å². The third-order valence-corrected chi connectivity index (χ3v) is 5.37. The average Bonchev–Trinajstić information content (AvgIpc) is 3.42. The van der Waals surface area contributed by atoms with E-state index in [4.69, 9.17) is 4.74 Å². The molecule has 0 aromatic rings. The molecule has 0 spiro atoms. The summed E-state index contributed by atoms with van der Waals surface area (Å²) in [4.78, 5) is 9.41. The first-order chi connectivity index (χ1) is 11.5. The van der Waals surface area contributed by atoms with Crippen LogP contribution < -0.4 is 10.6 Å². The van der Waals surface area contributed by atoms with Crippen molar-refractivity contribution in [2.24, 2.45) is 10.9 Å². The van der Waals surface area contributed by atoms with Gasteiger partial charge in [0.2, 0.25) is 0 Å². The van der Waals surface area contributed by atoms with E-state index in [-0.39, 0.29) is 0 Å². The Kier molecular flexibility index (Phi) is 7.78. The third kappa shape index (κ3) is 5.90. The summed E-state index contributed by atoms with van der Waals surface area (Å²) in [6.45, 7) is 12.5. The summed E-state index contributed by atoms with van der Waals surface area (Å²) in [6.07, 6.45) is 2.70. The van der Waals surface area contributed by atoms with Gasteiger partial charge in [0.25, 0.3) is 0 Å². The van der Waals surface area contributed by atoms with Gasteiger partial charge in [-0.1, -0.05) is 13.8 Å². The fourth-order valence-electron chi connectivity index (χ4n) is 3.35. The number of nitrogens with zero attached hydrogens (tertiary/aromatic N) is 3. The molecule has 1 saturated heterocycles. The molecule has 0 aromatic heterocycles. The molecule has 0 aromatic carbocycles. The van der Waals surface area contributed by atoms with Crippen LogP contribution in [-0.2, 0) is 4.74 Å². The summed E-state index contributed by atoms with van der Waals surface area (Å²) in [5.74, 6) is 1.51. The monoisotopic (exact) mass is 339 g/mol. The van der Waals surface area contributed by atoms with E-state index in [2.05, 4.69) is 53.2 Å². The van der Waals surface area contributed by atoms with Crippen molar-refractivity contribution in [3.63, 3.8) is 0 Å². The SMILES string of the molecule is CN=C(NCC(C(C)C)N1CCOCC1)NCC(C)N(C)C1CC1. The van der Waals surface area contributed by atoms with Crippen LogP contribution in [0.15, 0.2) is 4.99 Å². The van der Waals surface area contributed by atoms with Gasteiger partial charge in [-0.2, -0.15) is 0 Å². The molecule has 2 rings (SSSR count). The number of aliphatic imine (C=N–C) groups is 1. The lowest BCUT2D eigenvalue weighted by molar-refractivity contribution is 0.00752. The number of hydrogen-bond donors (Lipinski definition) is 2. The molecule has 0 amide bonds. The molecule has 24 heavy (non-hydrogen) atoms. The summed E-state index contributed by atoms with van der Waals surface area (Å²) >= 11 is 0. The van der Waals surface area contributed by atoms with Gasteiger partial charge in [0.1, 0.15) is 0 Å². The molecule has 1 saturated carbocycles. The first-order valence-electron chi connectivity index (χ1n) is 9.51. The van der Waals surface area contributed by atoms with Crippen molar-refractivity contribution in [3.8, 4) is 0 Å². The van der Waals surface area contributed by atoms with E-state index in [9.17, 15) is 0 Å². The van der Waals surface area contributed by atoms with Crippen LogP contribution in [0.4, 0.5) is 0 Å². The summed E-state index contributed by atoms with van der Waals surface area (Å²) in [6, 6.07) is 1.83. The predicted molar refractivity (Wildman–Crippen MR) is 101 cm³/mol. The maximum absolute atomic E-state index is 5.49. The second-order valence-corrected chi connectivity index (χ2v) is 7.54. The predicted octanol–water partition coefficient (Wildman–Crippen LogP) is 0.991. The van der Waals surface area contributed by atoms with Gasteiger partial charge in [0, 0.05) is 51.4 Å². The molecule has 0 radical (unpaired) electrons. The van der Waals surface area contributed by atoms with Crippen molar-refractivity contribution in [2.75, 3.05) is 53.5 Å². The Hall–Kier alpha value is -0.850. The second-order valence-electron chi connectivity index (χ2n) is 7.54. The molecular weight excluding hydrogens is 302 g/mol. The minimum atomic E-state index is 0.513. The number of morpholine rings is 1. The number of nitrogens with one attached hydrogen (secondary N) is 2. The minimum absolute atomic E-state index is 0.513. The van der Waals surface area contributed by atoms with Crippen LogP contribution in [0.2, 0.25) is 0 Å². The molecule has 6 nitrogen and oxygen atoms in total. The second kappa shape index (κ2) is 9.59. The average molecular weight is 340 g/mol. The summed E-state index contributed by atoms with van der Waals surface area (Å²) in [7, 11) is 4.08. The highest BCUT2D eigenvalue weighted by molar-refractivity contribution is 5.79. The zero-order chi connectivity index (χ0) is 17.5. The molecule has 2 N–H and O–H groups in total. The van der Waals surface area contributed by atoms with Gasteiger partial charge < -0.3 is 15.4 Å². The van der Waals surface area contributed by atoms with Gasteiger partial charge in [0.05, 0.1) is 13.2 Å². The lowest BCUT2D eigenvalue weighted by atomic mass is 10.0. The molecule has 2 fully saturated rings. The van der Waals surface area contributed by atoms with Crippen molar-refractivity contribution < 1.29 is 4.74 Å². The van der Waals surface area contributed by atoms with E-state index >= 15 is 0 Å². The van der Waals surface area contributed by atoms with E-state index in [0.717, 1.165) is 51.4 Å². The molecular formula is C18H37N5O. The number of guanidine groups is 1. The first kappa shape index (κ1) is 19.5. The van der Waals surface area contributed by atoms with Gasteiger partial charge in [-0.3, -0.25) is 14.8 Å². The van der Waals surface area contributed by atoms with Crippen LogP contribution >= 0.6 is 0 Å². The number of rotatable bonds is 8. The van der Waals surface area contributed by atoms with Gasteiger partial charge in [-0.05, 0) is 32.7 Å². The topological polar surface area (TPSA) is 52.1 Å². The lowest BCUT2D eigenvalue weighted by Crippen LogP contribution is -2.53. The highest BCUT2D eigenvalue weighted by atomic mass is 16.5. The van der Waals surface area contributed by atoms with Crippen LogP contribution in [0, 0.1) is 5.92 Å². The van der Waals surface area contributed by atoms with Crippen LogP contribution in [0.1, 0.15) is 33.6 Å². The van der Waals surface area contributed by atoms with Gasteiger partial charge in [-0.25, -0.2) is 0 Å². The van der Waals surface area contributed by atoms with Crippen LogP contribution in [0.25, 0.3) is 0 Å². The Morgan fingerprint density at radius 1 is 1.17 bits per heavy atom. The Labute approximate surface area is 148 Å². The maximum atomic E-state index is 5.49. The zero-order valence-electron chi connectivity index (χ0n) is 16.2. The van der Waals surface area contributed by atoms with E-state index in [1.54, 1.807) is 0 Å². The fraction of sp³-hybridized carbons (Fsp3) is 0.944. The number of hydrogen-bond acceptors (Lipinski definition) is 4. The van der Waals surface area contributed by atoms with E-state index in [1.165, 1.54) is 12.8 Å². The Balaban J connectivity index is 1.75. The highest BCUT2D eigenvalue weighted by Crippen LogP contribution is 2.26. The smallest absolute Gasteiger partial charge is 0.191 e. The van der Waals surface area contributed by atoms with Gasteiger partial charge in [-0.15, -0.1) is 0 Å². The quantitative estimate of drug-likeness (QED) is 0.510. The van der Waals surface area contributed by atoms with E-state index in [0.29, 0.717) is 18.0 Å². The molecule has 2 unspecified atom stereocenters. The summed E-state index contributed by atoms with van der Waals surface area (Å²) in [5, 5.41) is 7.01. The van der Waals surface area contributed by atoms with Crippen LogP contribution in [0.5, 0.6) is 0 Å². The molecule has 2 atom stereocenters. The van der Waals surface area contributed by atoms with Crippen molar-refractivity contribution in [1.29, 1.82) is 0 Å². The third-order valence-electron chi connectivity index (χ3n) is 5.37. The molecule has 1 aliphatic carbocycles. The summed E-state index contributed by atoms with van der Waals surface area (Å²) < 4.78 is 5.49. The Morgan fingerprint density at radius 2 is 1.79 bits per heavy atom. The molecule has 1 aliphatic heterocycles. The number of ether oxygens (including phenoxy) is 1. The van der Waals surface area contributed by atoms with Gasteiger partial charge in [0.15, 0.2) is 5.96 Å². The molecule has 0 bridgehead atoms. The maximum Gasteiger partial charge on any atom is 0.191 e. The zero-order valence-corrected chi connectivity index (χ0v) is 16.2. The fourth-order valence-corrected chi connectivity index (χ4v) is 3.35. The number of likely N-dealkylation sites (N-methyl/N-ethyl adjacent to an activating group) is 1. The standard InChI is InChI=1S/C18H37N5O/c1-14(2)17(23-8-10-24-11-9-23)13-21-18(19-4)20-12-15(3)22(5)16-6-7-16/h14-17H,6-13H2,1-5H3,(H2,19,20,21). The molecule has 6 heteroatoms. The van der Waals surface area contributed by atoms with Crippen molar-refractivity contribution in [3.05, 3.63) is 0 Å². The molecule has 140 valence electrons. The highest BCUT2D eigenvalue weighted by Gasteiger charge is 2.29. The largest absolute Gasteiger partial charge is 0.379 e. The normalized spacial score (nSPS) is 22.7. The van der Waals surface area contributed by atoms with Crippen LogP contribution in [-0.4, -0.2) is 87.4 Å². The molecule has 1 heterocycles.